The Morgan fingerprint density at radius 2 is 0.972 bits per heavy atom. The average molecular weight is 1050 g/mol. The van der Waals surface area contributed by atoms with Crippen LogP contribution in [-0.2, 0) is 80.6 Å². The van der Waals surface area contributed by atoms with Crippen molar-refractivity contribution in [1.82, 2.24) is 4.90 Å². The molecule has 0 aliphatic carbocycles. The molecule has 0 aromatic rings. The number of amides is 1. The van der Waals surface area contributed by atoms with Gasteiger partial charge in [-0.3, -0.25) is 4.79 Å². The van der Waals surface area contributed by atoms with Gasteiger partial charge >= 0.3 is 0 Å². The number of ether oxygens (including phenoxy) is 16. The molecular formula is C44H79NO27. The Bertz CT molecular complexity index is 1460. The van der Waals surface area contributed by atoms with Crippen LogP contribution in [-0.4, -0.2) is 318 Å². The van der Waals surface area contributed by atoms with Crippen molar-refractivity contribution >= 4 is 5.91 Å². The maximum absolute atomic E-state index is 12.6. The Hall–Kier alpha value is -1.83. The molecule has 0 saturated carbocycles. The van der Waals surface area contributed by atoms with Gasteiger partial charge < -0.3 is 132 Å². The highest BCUT2D eigenvalue weighted by atomic mass is 16.8. The third-order valence-electron chi connectivity index (χ3n) is 11.6. The van der Waals surface area contributed by atoms with E-state index in [0.717, 1.165) is 0 Å². The minimum Gasteiger partial charge on any atom is -0.394 e. The van der Waals surface area contributed by atoms with Crippen LogP contribution in [0.5, 0.6) is 0 Å². The van der Waals surface area contributed by atoms with Crippen LogP contribution < -0.4 is 0 Å². The molecule has 28 heteroatoms. The van der Waals surface area contributed by atoms with Crippen LogP contribution in [0.15, 0.2) is 12.7 Å². The van der Waals surface area contributed by atoms with Crippen molar-refractivity contribution in [2.75, 3.05) is 146 Å². The Labute approximate surface area is 417 Å². The van der Waals surface area contributed by atoms with Gasteiger partial charge in [-0.15, -0.1) is 6.58 Å². The van der Waals surface area contributed by atoms with Gasteiger partial charge in [-0.25, -0.2) is 0 Å². The van der Waals surface area contributed by atoms with Gasteiger partial charge in [-0.2, -0.15) is 0 Å². The molecule has 4 fully saturated rings. The van der Waals surface area contributed by atoms with Crippen molar-refractivity contribution in [2.45, 2.75) is 117 Å². The fraction of sp³-hybridized carbons (Fsp3) is 0.932. The largest absolute Gasteiger partial charge is 0.394 e. The zero-order valence-electron chi connectivity index (χ0n) is 41.1. The molecule has 4 aliphatic rings. The highest BCUT2D eigenvalue weighted by Gasteiger charge is 2.54. The Balaban J connectivity index is 1.24. The molecule has 10 N–H and O–H groups in total. The average Bonchev–Trinajstić information content (AvgIpc) is 3.37. The van der Waals surface area contributed by atoms with E-state index in [1.54, 1.807) is 20.2 Å². The second-order valence-electron chi connectivity index (χ2n) is 17.3. The number of carbonyl (C=O) groups excluding carboxylic acids is 1. The van der Waals surface area contributed by atoms with Crippen LogP contribution >= 0.6 is 0 Å². The van der Waals surface area contributed by atoms with Crippen molar-refractivity contribution < 1.29 is 132 Å². The van der Waals surface area contributed by atoms with Gasteiger partial charge in [0.05, 0.1) is 132 Å². The second-order valence-corrected chi connectivity index (χ2v) is 17.3. The third-order valence-corrected chi connectivity index (χ3v) is 11.6. The number of hydrogen-bond acceptors (Lipinski definition) is 27. The summed E-state index contributed by atoms with van der Waals surface area (Å²) in [6.45, 7) is 6.83. The van der Waals surface area contributed by atoms with Crippen molar-refractivity contribution in [1.29, 1.82) is 0 Å². The monoisotopic (exact) mass is 1050 g/mol. The molecule has 4 heterocycles. The van der Waals surface area contributed by atoms with Gasteiger partial charge in [0.15, 0.2) is 18.9 Å². The molecule has 0 aromatic carbocycles. The summed E-state index contributed by atoms with van der Waals surface area (Å²) in [7, 11) is 3.12. The maximum atomic E-state index is 12.6. The molecule has 4 rings (SSSR count). The zero-order chi connectivity index (χ0) is 52.6. The predicted molar refractivity (Wildman–Crippen MR) is 239 cm³/mol. The quantitative estimate of drug-likeness (QED) is 0.0208. The lowest BCUT2D eigenvalue weighted by molar-refractivity contribution is -0.381. The van der Waals surface area contributed by atoms with E-state index >= 15 is 0 Å². The Morgan fingerprint density at radius 1 is 0.569 bits per heavy atom. The minimum atomic E-state index is -2.01. The molecule has 422 valence electrons. The first-order valence-corrected chi connectivity index (χ1v) is 23.9. The topological polar surface area (TPSA) is 370 Å². The first-order chi connectivity index (χ1) is 34.6. The summed E-state index contributed by atoms with van der Waals surface area (Å²) in [5.41, 5.74) is 0. The Kier molecular flexibility index (Phi) is 29.0. The molecule has 0 aromatic heterocycles. The number of likely N-dealkylation sites (N-methyl/N-ethyl adjacent to an activating group) is 1. The lowest BCUT2D eigenvalue weighted by Crippen LogP contribution is -2.66. The summed E-state index contributed by atoms with van der Waals surface area (Å²) in [6, 6.07) is 0. The molecule has 1 amide bonds. The first-order valence-electron chi connectivity index (χ1n) is 23.9. The molecule has 0 spiro atoms. The zero-order valence-corrected chi connectivity index (χ0v) is 41.1. The highest BCUT2D eigenvalue weighted by Crippen LogP contribution is 2.33. The van der Waals surface area contributed by atoms with E-state index in [1.165, 1.54) is 11.8 Å². The molecule has 4 aliphatic heterocycles. The molecule has 28 nitrogen and oxygen atoms in total. The van der Waals surface area contributed by atoms with Crippen LogP contribution in [0.1, 0.15) is 6.92 Å². The SMILES string of the molecule is C=CCOCCOCCOCCOCCOCCOCCOCC(COC1COC(C)(C(=O)N(C)C)OC1)O[C@@H]1O[C@@H](CO)[C@@H](O[C@@H]2OC(CO)[C@H](O[C@H]3OC(CO)[C@H](O)[C@H](O)C3O)[C@H](O)C2O)C(O)C1O. The minimum absolute atomic E-state index is 0.0292. The molecule has 7 unspecified atom stereocenters. The smallest absolute Gasteiger partial charge is 0.282 e. The standard InChI is InChI=1S/C44H79NO27/c1-5-6-57-7-8-58-9-10-59-11-12-60-13-14-61-15-16-62-17-18-63-22-27(23-64-26-24-65-44(2,66-25-26)43(56)45(3)4)67-40-36(54)33(51)38(29(20-47)69-40)72-42-37(55)34(52)39(30(21-48)70-42)71-41-35(53)32(50)31(49)28(19-46)68-41/h5,26-42,46-55H,1,6-25H2,2-4H3/t26?,27?,28?,29-,30?,31-,32-,33?,34+,35?,36?,37?,38+,39-,40+,41+,42-,44?/m0/s1. The van der Waals surface area contributed by atoms with Gasteiger partial charge in [0.2, 0.25) is 5.79 Å². The van der Waals surface area contributed by atoms with Crippen LogP contribution in [0.2, 0.25) is 0 Å². The van der Waals surface area contributed by atoms with E-state index in [-0.39, 0.29) is 46.2 Å². The van der Waals surface area contributed by atoms with Gasteiger partial charge in [-0.05, 0) is 6.92 Å². The van der Waals surface area contributed by atoms with E-state index < -0.39 is 136 Å². The number of rotatable bonds is 35. The Morgan fingerprint density at radius 3 is 1.42 bits per heavy atom. The fourth-order valence-electron chi connectivity index (χ4n) is 7.53. The lowest BCUT2D eigenvalue weighted by atomic mass is 9.96. The summed E-state index contributed by atoms with van der Waals surface area (Å²) < 4.78 is 90.2. The third kappa shape index (κ3) is 19.3. The maximum Gasteiger partial charge on any atom is 0.282 e. The van der Waals surface area contributed by atoms with E-state index in [2.05, 4.69) is 6.58 Å². The van der Waals surface area contributed by atoms with Gasteiger partial charge in [0.1, 0.15) is 85.5 Å². The van der Waals surface area contributed by atoms with Crippen molar-refractivity contribution in [3.63, 3.8) is 0 Å². The molecule has 0 radical (unpaired) electrons. The predicted octanol–water partition coefficient (Wildman–Crippen LogP) is -6.64. The summed E-state index contributed by atoms with van der Waals surface area (Å²) in [4.78, 5) is 13.9. The van der Waals surface area contributed by atoms with E-state index in [4.69, 9.17) is 75.8 Å². The van der Waals surface area contributed by atoms with E-state index in [1.807, 2.05) is 0 Å². The summed E-state index contributed by atoms with van der Waals surface area (Å²) in [5.74, 6) is -1.93. The van der Waals surface area contributed by atoms with E-state index in [0.29, 0.717) is 66.1 Å². The summed E-state index contributed by atoms with van der Waals surface area (Å²) >= 11 is 0. The number of hydrogen-bond donors (Lipinski definition) is 10. The van der Waals surface area contributed by atoms with Crippen LogP contribution in [0.25, 0.3) is 0 Å². The second kappa shape index (κ2) is 33.4. The number of aliphatic hydroxyl groups excluding tert-OH is 10. The normalized spacial score (nSPS) is 35.8. The van der Waals surface area contributed by atoms with Crippen molar-refractivity contribution in [2.24, 2.45) is 0 Å². The molecular weight excluding hydrogens is 974 g/mol. The number of nitrogens with zero attached hydrogens (tertiary/aromatic N) is 1. The fourth-order valence-corrected chi connectivity index (χ4v) is 7.53. The number of aliphatic hydroxyl groups is 10. The van der Waals surface area contributed by atoms with Crippen LogP contribution in [0.3, 0.4) is 0 Å². The van der Waals surface area contributed by atoms with Gasteiger partial charge in [0.25, 0.3) is 5.91 Å². The number of carbonyl (C=O) groups is 1. The van der Waals surface area contributed by atoms with Gasteiger partial charge in [0, 0.05) is 14.1 Å². The van der Waals surface area contributed by atoms with Crippen molar-refractivity contribution in [3.8, 4) is 0 Å². The van der Waals surface area contributed by atoms with E-state index in [9.17, 15) is 55.9 Å². The lowest BCUT2D eigenvalue weighted by Gasteiger charge is -2.48. The first kappa shape index (κ1) is 62.7. The van der Waals surface area contributed by atoms with Crippen LogP contribution in [0, 0.1) is 0 Å². The summed E-state index contributed by atoms with van der Waals surface area (Å²) in [6.07, 6.45) is -26.1. The van der Waals surface area contributed by atoms with Crippen LogP contribution in [0.4, 0.5) is 0 Å². The van der Waals surface area contributed by atoms with Crippen molar-refractivity contribution in [3.05, 3.63) is 12.7 Å². The highest BCUT2D eigenvalue weighted by molar-refractivity contribution is 5.83. The molecule has 16 atom stereocenters. The molecule has 72 heavy (non-hydrogen) atoms. The summed E-state index contributed by atoms with van der Waals surface area (Å²) in [5, 5.41) is 106. The molecule has 4 saturated heterocycles. The molecule has 0 bridgehead atoms. The van der Waals surface area contributed by atoms with Gasteiger partial charge in [-0.1, -0.05) is 6.08 Å².